The summed E-state index contributed by atoms with van der Waals surface area (Å²) >= 11 is 0. The highest BCUT2D eigenvalue weighted by Gasteiger charge is 2.20. The van der Waals surface area contributed by atoms with E-state index < -0.39 is 0 Å². The molecule has 80 valence electrons. The molecule has 2 atom stereocenters. The minimum Gasteiger partial charge on any atom is -0.393 e. The third-order valence-electron chi connectivity index (χ3n) is 2.38. The average Bonchev–Trinajstić information content (AvgIpc) is 1.99. The van der Waals surface area contributed by atoms with E-state index in [0.717, 1.165) is 19.3 Å². The van der Waals surface area contributed by atoms with Crippen LogP contribution in [0.15, 0.2) is 12.7 Å². The van der Waals surface area contributed by atoms with Gasteiger partial charge in [0.05, 0.1) is 6.10 Å². The molecular formula is C12H26O. The molecule has 0 radical (unpaired) electrons. The molecule has 0 aromatic rings. The SMILES string of the molecule is C.C=CC[C@@H](O)[C@@H](CCC)C(C)C. The zero-order valence-electron chi connectivity index (χ0n) is 8.59. The summed E-state index contributed by atoms with van der Waals surface area (Å²) in [6.07, 6.45) is 4.60. The molecule has 0 heterocycles. The Hall–Kier alpha value is -0.300. The van der Waals surface area contributed by atoms with Gasteiger partial charge in [0, 0.05) is 0 Å². The van der Waals surface area contributed by atoms with Crippen molar-refractivity contribution in [3.8, 4) is 0 Å². The molecule has 0 fully saturated rings. The van der Waals surface area contributed by atoms with E-state index in [2.05, 4.69) is 27.4 Å². The summed E-state index contributed by atoms with van der Waals surface area (Å²) in [6.45, 7) is 10.2. The van der Waals surface area contributed by atoms with Crippen LogP contribution in [-0.2, 0) is 0 Å². The molecule has 0 aromatic carbocycles. The van der Waals surface area contributed by atoms with Crippen molar-refractivity contribution in [3.63, 3.8) is 0 Å². The fourth-order valence-corrected chi connectivity index (χ4v) is 1.65. The van der Waals surface area contributed by atoms with E-state index in [1.807, 2.05) is 0 Å². The Morgan fingerprint density at radius 1 is 1.38 bits per heavy atom. The summed E-state index contributed by atoms with van der Waals surface area (Å²) in [5.74, 6) is 1.01. The van der Waals surface area contributed by atoms with Gasteiger partial charge in [0.25, 0.3) is 0 Å². The summed E-state index contributed by atoms with van der Waals surface area (Å²) in [5, 5.41) is 9.74. The molecule has 0 aromatic heterocycles. The van der Waals surface area contributed by atoms with Crippen LogP contribution in [0.3, 0.4) is 0 Å². The second-order valence-electron chi connectivity index (χ2n) is 3.79. The molecule has 0 aliphatic heterocycles. The van der Waals surface area contributed by atoms with Gasteiger partial charge in [-0.25, -0.2) is 0 Å². The second kappa shape index (κ2) is 8.31. The lowest BCUT2D eigenvalue weighted by Gasteiger charge is -2.25. The highest BCUT2D eigenvalue weighted by Crippen LogP contribution is 2.22. The predicted molar refractivity (Wildman–Crippen MR) is 60.8 cm³/mol. The maximum atomic E-state index is 9.74. The van der Waals surface area contributed by atoms with E-state index >= 15 is 0 Å². The van der Waals surface area contributed by atoms with Gasteiger partial charge in [-0.3, -0.25) is 0 Å². The van der Waals surface area contributed by atoms with Crippen LogP contribution in [0, 0.1) is 11.8 Å². The molecule has 13 heavy (non-hydrogen) atoms. The van der Waals surface area contributed by atoms with E-state index in [-0.39, 0.29) is 13.5 Å². The zero-order chi connectivity index (χ0) is 9.56. The van der Waals surface area contributed by atoms with E-state index in [0.29, 0.717) is 11.8 Å². The fraction of sp³-hybridized carbons (Fsp3) is 0.833. The first-order valence-corrected chi connectivity index (χ1v) is 4.92. The molecule has 0 spiro atoms. The van der Waals surface area contributed by atoms with Crippen molar-refractivity contribution in [2.24, 2.45) is 11.8 Å². The van der Waals surface area contributed by atoms with E-state index in [9.17, 15) is 5.11 Å². The highest BCUT2D eigenvalue weighted by molar-refractivity contribution is 4.79. The monoisotopic (exact) mass is 186 g/mol. The molecule has 0 bridgehead atoms. The van der Waals surface area contributed by atoms with Crippen molar-refractivity contribution in [2.45, 2.75) is 53.6 Å². The van der Waals surface area contributed by atoms with Crippen molar-refractivity contribution in [1.82, 2.24) is 0 Å². The number of aliphatic hydroxyl groups excluding tert-OH is 1. The minimum absolute atomic E-state index is 0. The highest BCUT2D eigenvalue weighted by atomic mass is 16.3. The summed E-state index contributed by atoms with van der Waals surface area (Å²) in [7, 11) is 0. The van der Waals surface area contributed by atoms with Crippen LogP contribution < -0.4 is 0 Å². The minimum atomic E-state index is -0.192. The zero-order valence-corrected chi connectivity index (χ0v) is 8.59. The van der Waals surface area contributed by atoms with E-state index in [1.54, 1.807) is 6.08 Å². The van der Waals surface area contributed by atoms with Gasteiger partial charge in [0.2, 0.25) is 0 Å². The normalized spacial score (nSPS) is 14.8. The third kappa shape index (κ3) is 5.87. The fourth-order valence-electron chi connectivity index (χ4n) is 1.65. The Bertz CT molecular complexity index is 118. The molecule has 0 saturated heterocycles. The third-order valence-corrected chi connectivity index (χ3v) is 2.38. The molecular weight excluding hydrogens is 160 g/mol. The Labute approximate surface area is 83.9 Å². The largest absolute Gasteiger partial charge is 0.393 e. The van der Waals surface area contributed by atoms with Gasteiger partial charge in [0.1, 0.15) is 0 Å². The Balaban J connectivity index is 0. The van der Waals surface area contributed by atoms with Crippen LogP contribution in [0.5, 0.6) is 0 Å². The maximum absolute atomic E-state index is 9.74. The van der Waals surface area contributed by atoms with E-state index in [4.69, 9.17) is 0 Å². The first kappa shape index (κ1) is 15.2. The summed E-state index contributed by atoms with van der Waals surface area (Å²) < 4.78 is 0. The molecule has 0 unspecified atom stereocenters. The van der Waals surface area contributed by atoms with E-state index in [1.165, 1.54) is 0 Å². The number of hydrogen-bond donors (Lipinski definition) is 1. The molecule has 1 N–H and O–H groups in total. The van der Waals surface area contributed by atoms with Gasteiger partial charge in [0.15, 0.2) is 0 Å². The summed E-state index contributed by atoms with van der Waals surface area (Å²) in [6, 6.07) is 0. The molecule has 1 heteroatoms. The smallest absolute Gasteiger partial charge is 0.0605 e. The first-order chi connectivity index (χ1) is 5.63. The lowest BCUT2D eigenvalue weighted by Crippen LogP contribution is -2.24. The van der Waals surface area contributed by atoms with Crippen LogP contribution in [0.1, 0.15) is 47.5 Å². The van der Waals surface area contributed by atoms with Crippen molar-refractivity contribution >= 4 is 0 Å². The number of rotatable bonds is 6. The van der Waals surface area contributed by atoms with Crippen LogP contribution >= 0.6 is 0 Å². The van der Waals surface area contributed by atoms with Crippen LogP contribution in [-0.4, -0.2) is 11.2 Å². The molecule has 0 aliphatic rings. The first-order valence-electron chi connectivity index (χ1n) is 4.92. The lowest BCUT2D eigenvalue weighted by atomic mass is 9.85. The molecule has 0 amide bonds. The molecule has 0 rings (SSSR count). The molecule has 0 saturated carbocycles. The second-order valence-corrected chi connectivity index (χ2v) is 3.79. The van der Waals surface area contributed by atoms with Crippen molar-refractivity contribution in [2.75, 3.05) is 0 Å². The van der Waals surface area contributed by atoms with Crippen LogP contribution in [0.4, 0.5) is 0 Å². The number of hydrogen-bond acceptors (Lipinski definition) is 1. The standard InChI is InChI=1S/C11H22O.CH4/c1-5-7-10(9(3)4)11(12)8-6-2;/h6,9-12H,2,5,7-8H2,1,3-4H3;1H4/t10-,11+;/m0./s1. The topological polar surface area (TPSA) is 20.2 Å². The Morgan fingerprint density at radius 2 is 1.92 bits per heavy atom. The average molecular weight is 186 g/mol. The van der Waals surface area contributed by atoms with Gasteiger partial charge in [-0.2, -0.15) is 0 Å². The molecule has 0 aliphatic carbocycles. The number of aliphatic hydroxyl groups is 1. The Morgan fingerprint density at radius 3 is 2.23 bits per heavy atom. The summed E-state index contributed by atoms with van der Waals surface area (Å²) in [4.78, 5) is 0. The lowest BCUT2D eigenvalue weighted by molar-refractivity contribution is 0.0780. The van der Waals surface area contributed by atoms with Gasteiger partial charge in [-0.15, -0.1) is 6.58 Å². The van der Waals surface area contributed by atoms with Gasteiger partial charge >= 0.3 is 0 Å². The van der Waals surface area contributed by atoms with Gasteiger partial charge < -0.3 is 5.11 Å². The van der Waals surface area contributed by atoms with Crippen LogP contribution in [0.25, 0.3) is 0 Å². The summed E-state index contributed by atoms with van der Waals surface area (Å²) in [5.41, 5.74) is 0. The maximum Gasteiger partial charge on any atom is 0.0605 e. The van der Waals surface area contributed by atoms with Gasteiger partial charge in [-0.1, -0.05) is 40.7 Å². The molecule has 1 nitrogen and oxygen atoms in total. The van der Waals surface area contributed by atoms with Crippen molar-refractivity contribution in [1.29, 1.82) is 0 Å². The van der Waals surface area contributed by atoms with Crippen molar-refractivity contribution < 1.29 is 5.11 Å². The quantitative estimate of drug-likeness (QED) is 0.628. The van der Waals surface area contributed by atoms with Crippen LogP contribution in [0.2, 0.25) is 0 Å². The van der Waals surface area contributed by atoms with Crippen molar-refractivity contribution in [3.05, 3.63) is 12.7 Å². The Kier molecular flexibility index (Phi) is 9.70. The predicted octanol–water partition coefficient (Wildman–Crippen LogP) is 3.63. The van der Waals surface area contributed by atoms with Gasteiger partial charge in [-0.05, 0) is 24.7 Å².